The number of nitro benzene ring substituents is 1. The lowest BCUT2D eigenvalue weighted by atomic mass is 9.98. The zero-order valence-corrected chi connectivity index (χ0v) is 13.0. The summed E-state index contributed by atoms with van der Waals surface area (Å²) < 4.78 is 26.4. The second kappa shape index (κ2) is 7.32. The zero-order valence-electron chi connectivity index (χ0n) is 12.2. The Labute approximate surface area is 128 Å². The van der Waals surface area contributed by atoms with Crippen molar-refractivity contribution >= 4 is 21.7 Å². The molecule has 0 saturated carbocycles. The predicted molar refractivity (Wildman–Crippen MR) is 78.9 cm³/mol. The van der Waals surface area contributed by atoms with E-state index in [9.17, 15) is 23.3 Å². The molecule has 0 fully saturated rings. The normalized spacial score (nSPS) is 13.0. The summed E-state index contributed by atoms with van der Waals surface area (Å²) in [6.07, 6.45) is 0.326. The quantitative estimate of drug-likeness (QED) is 0.551. The van der Waals surface area contributed by atoms with Gasteiger partial charge in [0.2, 0.25) is 10.0 Å². The van der Waals surface area contributed by atoms with Gasteiger partial charge in [-0.05, 0) is 18.4 Å². The minimum absolute atomic E-state index is 0.100. The number of nitro groups is 1. The number of carboxylic acids is 1. The smallest absolute Gasteiger partial charge is 0.307 e. The van der Waals surface area contributed by atoms with Gasteiger partial charge < -0.3 is 5.11 Å². The Hall–Kier alpha value is -2.00. The van der Waals surface area contributed by atoms with Crippen molar-refractivity contribution in [2.24, 2.45) is 11.8 Å². The average molecular weight is 330 g/mol. The molecule has 0 radical (unpaired) electrons. The van der Waals surface area contributed by atoms with Gasteiger partial charge in [0.15, 0.2) is 0 Å². The van der Waals surface area contributed by atoms with E-state index in [0.29, 0.717) is 6.42 Å². The van der Waals surface area contributed by atoms with Crippen molar-refractivity contribution in [3.63, 3.8) is 0 Å². The van der Waals surface area contributed by atoms with Gasteiger partial charge in [-0.3, -0.25) is 14.9 Å². The SMILES string of the molecule is CC(C)CC(CNS(=O)(=O)c1cccc([N+](=O)[O-])c1)C(=O)O. The molecule has 1 aromatic rings. The van der Waals surface area contributed by atoms with Crippen molar-refractivity contribution in [3.05, 3.63) is 34.4 Å². The first-order chi connectivity index (χ1) is 10.1. The lowest BCUT2D eigenvalue weighted by Gasteiger charge is -2.15. The number of hydrogen-bond donors (Lipinski definition) is 2. The second-order valence-electron chi connectivity index (χ2n) is 5.27. The third-order valence-corrected chi connectivity index (χ3v) is 4.38. The van der Waals surface area contributed by atoms with E-state index in [4.69, 9.17) is 5.11 Å². The van der Waals surface area contributed by atoms with Crippen LogP contribution in [0.5, 0.6) is 0 Å². The Morgan fingerprint density at radius 3 is 2.55 bits per heavy atom. The van der Waals surface area contributed by atoms with E-state index in [-0.39, 0.29) is 23.0 Å². The number of nitrogens with one attached hydrogen (secondary N) is 1. The van der Waals surface area contributed by atoms with Gasteiger partial charge in [-0.2, -0.15) is 0 Å². The fraction of sp³-hybridized carbons (Fsp3) is 0.462. The third-order valence-electron chi connectivity index (χ3n) is 2.96. The molecular formula is C13H18N2O6S. The van der Waals surface area contributed by atoms with Crippen LogP contribution in [0.3, 0.4) is 0 Å². The minimum Gasteiger partial charge on any atom is -0.481 e. The topological polar surface area (TPSA) is 127 Å². The fourth-order valence-corrected chi connectivity index (χ4v) is 3.02. The molecule has 8 nitrogen and oxygen atoms in total. The molecule has 0 heterocycles. The predicted octanol–water partition coefficient (Wildman–Crippen LogP) is 1.62. The molecule has 0 aliphatic heterocycles. The molecule has 1 aromatic carbocycles. The maximum absolute atomic E-state index is 12.1. The summed E-state index contributed by atoms with van der Waals surface area (Å²) in [6.45, 7) is 3.41. The highest BCUT2D eigenvalue weighted by atomic mass is 32.2. The molecule has 9 heteroatoms. The van der Waals surface area contributed by atoms with Gasteiger partial charge in [-0.25, -0.2) is 13.1 Å². The van der Waals surface area contributed by atoms with Crippen LogP contribution >= 0.6 is 0 Å². The van der Waals surface area contributed by atoms with Crippen LogP contribution in [0.1, 0.15) is 20.3 Å². The average Bonchev–Trinajstić information content (AvgIpc) is 2.43. The van der Waals surface area contributed by atoms with Crippen molar-refractivity contribution in [1.82, 2.24) is 4.72 Å². The van der Waals surface area contributed by atoms with Gasteiger partial charge in [0.1, 0.15) is 0 Å². The van der Waals surface area contributed by atoms with Crippen LogP contribution in [0, 0.1) is 22.0 Å². The van der Waals surface area contributed by atoms with E-state index < -0.39 is 26.8 Å². The van der Waals surface area contributed by atoms with Crippen LogP contribution in [0.15, 0.2) is 29.2 Å². The number of aliphatic carboxylic acids is 1. The Morgan fingerprint density at radius 1 is 1.41 bits per heavy atom. The van der Waals surface area contributed by atoms with Crippen LogP contribution in [-0.2, 0) is 14.8 Å². The van der Waals surface area contributed by atoms with Crippen LogP contribution in [0.25, 0.3) is 0 Å². The number of nitrogens with zero attached hydrogens (tertiary/aromatic N) is 1. The first-order valence-electron chi connectivity index (χ1n) is 6.60. The molecule has 0 aliphatic carbocycles. The summed E-state index contributed by atoms with van der Waals surface area (Å²) in [7, 11) is -4.00. The molecule has 0 amide bonds. The number of benzene rings is 1. The van der Waals surface area contributed by atoms with Gasteiger partial charge >= 0.3 is 5.97 Å². The summed E-state index contributed by atoms with van der Waals surface area (Å²) >= 11 is 0. The summed E-state index contributed by atoms with van der Waals surface area (Å²) in [5.41, 5.74) is -0.347. The molecule has 0 bridgehead atoms. The number of carbonyl (C=O) groups is 1. The van der Waals surface area contributed by atoms with Gasteiger partial charge in [0, 0.05) is 18.7 Å². The monoisotopic (exact) mass is 330 g/mol. The highest BCUT2D eigenvalue weighted by Gasteiger charge is 2.23. The number of rotatable bonds is 8. The molecule has 0 aliphatic rings. The largest absolute Gasteiger partial charge is 0.481 e. The van der Waals surface area contributed by atoms with Gasteiger partial charge in [-0.1, -0.05) is 19.9 Å². The van der Waals surface area contributed by atoms with E-state index in [1.807, 2.05) is 13.8 Å². The lowest BCUT2D eigenvalue weighted by Crippen LogP contribution is -2.33. The molecule has 1 atom stereocenters. The maximum atomic E-state index is 12.1. The highest BCUT2D eigenvalue weighted by molar-refractivity contribution is 7.89. The summed E-state index contributed by atoms with van der Waals surface area (Å²) in [4.78, 5) is 20.8. The van der Waals surface area contributed by atoms with Crippen LogP contribution in [0.4, 0.5) is 5.69 Å². The number of sulfonamides is 1. The van der Waals surface area contributed by atoms with E-state index in [1.54, 1.807) is 0 Å². The van der Waals surface area contributed by atoms with E-state index in [1.165, 1.54) is 18.2 Å². The number of non-ortho nitro benzene ring substituents is 1. The highest BCUT2D eigenvalue weighted by Crippen LogP contribution is 2.18. The lowest BCUT2D eigenvalue weighted by molar-refractivity contribution is -0.385. The van der Waals surface area contributed by atoms with Gasteiger partial charge in [0.05, 0.1) is 15.7 Å². The molecule has 1 rings (SSSR count). The maximum Gasteiger partial charge on any atom is 0.307 e. The second-order valence-corrected chi connectivity index (χ2v) is 7.04. The van der Waals surface area contributed by atoms with Crippen LogP contribution < -0.4 is 4.72 Å². The zero-order chi connectivity index (χ0) is 16.9. The van der Waals surface area contributed by atoms with Gasteiger partial charge in [-0.15, -0.1) is 0 Å². The van der Waals surface area contributed by atoms with E-state index in [0.717, 1.165) is 6.07 Å². The Bertz CT molecular complexity index is 656. The van der Waals surface area contributed by atoms with Crippen LogP contribution in [-0.4, -0.2) is 31.0 Å². The molecule has 122 valence electrons. The molecule has 0 aromatic heterocycles. The van der Waals surface area contributed by atoms with E-state index >= 15 is 0 Å². The molecule has 22 heavy (non-hydrogen) atoms. The molecule has 2 N–H and O–H groups in total. The summed E-state index contributed by atoms with van der Waals surface area (Å²) in [5.74, 6) is -1.84. The molecule has 1 unspecified atom stereocenters. The van der Waals surface area contributed by atoms with Crippen molar-refractivity contribution in [2.75, 3.05) is 6.54 Å². The van der Waals surface area contributed by atoms with Crippen molar-refractivity contribution in [1.29, 1.82) is 0 Å². The third kappa shape index (κ3) is 5.08. The summed E-state index contributed by atoms with van der Waals surface area (Å²) in [6, 6.07) is 4.58. The van der Waals surface area contributed by atoms with Crippen molar-refractivity contribution in [2.45, 2.75) is 25.2 Å². The Kier molecular flexibility index (Phi) is 6.01. The van der Waals surface area contributed by atoms with Crippen molar-refractivity contribution in [3.8, 4) is 0 Å². The molecule has 0 spiro atoms. The Balaban J connectivity index is 2.89. The van der Waals surface area contributed by atoms with Crippen LogP contribution in [0.2, 0.25) is 0 Å². The van der Waals surface area contributed by atoms with E-state index in [2.05, 4.69) is 4.72 Å². The fourth-order valence-electron chi connectivity index (χ4n) is 1.90. The first kappa shape index (κ1) is 18.1. The number of carboxylic acid groups (broad SMARTS) is 1. The molecular weight excluding hydrogens is 312 g/mol. The summed E-state index contributed by atoms with van der Waals surface area (Å²) in [5, 5.41) is 19.8. The van der Waals surface area contributed by atoms with Crippen molar-refractivity contribution < 1.29 is 23.2 Å². The minimum atomic E-state index is -4.00. The standard InChI is InChI=1S/C13H18N2O6S/c1-9(2)6-10(13(16)17)8-14-22(20,21)12-5-3-4-11(7-12)15(18)19/h3-5,7,9-10,14H,6,8H2,1-2H3,(H,16,17). The Morgan fingerprint density at radius 2 is 2.05 bits per heavy atom. The number of hydrogen-bond acceptors (Lipinski definition) is 5. The first-order valence-corrected chi connectivity index (χ1v) is 8.08. The van der Waals surface area contributed by atoms with Gasteiger partial charge in [0.25, 0.3) is 5.69 Å². The molecule has 0 saturated heterocycles.